The summed E-state index contributed by atoms with van der Waals surface area (Å²) < 4.78 is 19.1. The average Bonchev–Trinajstić information content (AvgIpc) is 2.42. The van der Waals surface area contributed by atoms with Gasteiger partial charge >= 0.3 is 5.97 Å². The first-order chi connectivity index (χ1) is 9.59. The van der Waals surface area contributed by atoms with Crippen molar-refractivity contribution in [3.63, 3.8) is 0 Å². The molecule has 5 heteroatoms. The van der Waals surface area contributed by atoms with E-state index in [-0.39, 0.29) is 12.2 Å². The lowest BCUT2D eigenvalue weighted by Crippen LogP contribution is -2.20. The highest BCUT2D eigenvalue weighted by Gasteiger charge is 2.24. The zero-order valence-corrected chi connectivity index (χ0v) is 11.2. The third-order valence-electron chi connectivity index (χ3n) is 2.82. The largest absolute Gasteiger partial charge is 0.491 e. The molecule has 0 aliphatic rings. The molecule has 20 heavy (non-hydrogen) atoms. The second-order valence-electron chi connectivity index (χ2n) is 4.15. The third-order valence-corrected chi connectivity index (χ3v) is 3.13. The van der Waals surface area contributed by atoms with Crippen LogP contribution in [0.4, 0.5) is 4.39 Å². The summed E-state index contributed by atoms with van der Waals surface area (Å²) in [5.41, 5.74) is 0.0899. The van der Waals surface area contributed by atoms with Gasteiger partial charge in [0, 0.05) is 5.56 Å². The normalized spacial score (nSPS) is 11.9. The second kappa shape index (κ2) is 6.39. The quantitative estimate of drug-likeness (QED) is 0.914. The van der Waals surface area contributed by atoms with Crippen LogP contribution in [-0.2, 0) is 4.79 Å². The molecular weight excluding hydrogens is 283 g/mol. The number of carboxylic acids is 1. The molecule has 0 fully saturated rings. The number of ether oxygens (including phenoxy) is 1. The summed E-state index contributed by atoms with van der Waals surface area (Å²) in [5, 5.41) is 9.60. The maximum absolute atomic E-state index is 13.7. The Kier molecular flexibility index (Phi) is 4.58. The Morgan fingerprint density at radius 1 is 1.20 bits per heavy atom. The van der Waals surface area contributed by atoms with E-state index in [0.29, 0.717) is 10.8 Å². The van der Waals surface area contributed by atoms with E-state index in [1.165, 1.54) is 18.2 Å². The van der Waals surface area contributed by atoms with Crippen LogP contribution in [0.25, 0.3) is 0 Å². The molecule has 0 aliphatic carbocycles. The number of carbonyl (C=O) groups is 1. The maximum Gasteiger partial charge on any atom is 0.314 e. The Morgan fingerprint density at radius 3 is 2.50 bits per heavy atom. The molecule has 0 amide bonds. The minimum absolute atomic E-state index is 0.0899. The zero-order valence-electron chi connectivity index (χ0n) is 10.4. The Hall–Kier alpha value is -2.07. The Balaban J connectivity index is 2.18. The third kappa shape index (κ3) is 3.27. The molecule has 2 aromatic rings. The summed E-state index contributed by atoms with van der Waals surface area (Å²) in [5.74, 6) is -2.44. The predicted octanol–water partition coefficient (Wildman–Crippen LogP) is 3.73. The maximum atomic E-state index is 13.7. The molecule has 2 rings (SSSR count). The monoisotopic (exact) mass is 294 g/mol. The molecule has 104 valence electrons. The van der Waals surface area contributed by atoms with Gasteiger partial charge in [-0.05, 0) is 18.2 Å². The minimum Gasteiger partial charge on any atom is -0.491 e. The first kappa shape index (κ1) is 14.3. The van der Waals surface area contributed by atoms with Crippen LogP contribution in [-0.4, -0.2) is 17.7 Å². The van der Waals surface area contributed by atoms with Crippen molar-refractivity contribution in [2.45, 2.75) is 5.92 Å². The van der Waals surface area contributed by atoms with Crippen molar-refractivity contribution in [3.05, 3.63) is 64.9 Å². The van der Waals surface area contributed by atoms with Crippen molar-refractivity contribution in [1.29, 1.82) is 0 Å². The number of aliphatic carboxylic acids is 1. The summed E-state index contributed by atoms with van der Waals surface area (Å²) in [7, 11) is 0. The number of hydrogen-bond donors (Lipinski definition) is 1. The topological polar surface area (TPSA) is 46.5 Å². The van der Waals surface area contributed by atoms with E-state index in [9.17, 15) is 14.3 Å². The Bertz CT molecular complexity index is 616. The van der Waals surface area contributed by atoms with Gasteiger partial charge in [0.05, 0.1) is 5.02 Å². The van der Waals surface area contributed by atoms with Crippen LogP contribution in [0.5, 0.6) is 5.75 Å². The highest BCUT2D eigenvalue weighted by molar-refractivity contribution is 6.32. The van der Waals surface area contributed by atoms with Gasteiger partial charge in [-0.3, -0.25) is 4.79 Å². The first-order valence-corrected chi connectivity index (χ1v) is 6.32. The van der Waals surface area contributed by atoms with E-state index in [1.807, 2.05) is 0 Å². The first-order valence-electron chi connectivity index (χ1n) is 5.94. The molecule has 1 unspecified atom stereocenters. The van der Waals surface area contributed by atoms with Crippen LogP contribution in [0.2, 0.25) is 5.02 Å². The number of para-hydroxylation sites is 1. The predicted molar refractivity (Wildman–Crippen MR) is 73.7 cm³/mol. The summed E-state index contributed by atoms with van der Waals surface area (Å²) in [6, 6.07) is 12.5. The fourth-order valence-electron chi connectivity index (χ4n) is 1.79. The molecule has 1 atom stereocenters. The summed E-state index contributed by atoms with van der Waals surface area (Å²) in [6.07, 6.45) is 0. The molecule has 1 N–H and O–H groups in total. The lowest BCUT2D eigenvalue weighted by molar-refractivity contribution is -0.139. The van der Waals surface area contributed by atoms with Gasteiger partial charge in [-0.25, -0.2) is 4.39 Å². The average molecular weight is 295 g/mol. The molecule has 2 aromatic carbocycles. The van der Waals surface area contributed by atoms with E-state index in [1.54, 1.807) is 30.3 Å². The summed E-state index contributed by atoms with van der Waals surface area (Å²) in [6.45, 7) is -0.194. The van der Waals surface area contributed by atoms with E-state index < -0.39 is 17.7 Å². The van der Waals surface area contributed by atoms with Crippen LogP contribution in [0.3, 0.4) is 0 Å². The van der Waals surface area contributed by atoms with Gasteiger partial charge in [0.15, 0.2) is 0 Å². The van der Waals surface area contributed by atoms with E-state index in [2.05, 4.69) is 0 Å². The van der Waals surface area contributed by atoms with Gasteiger partial charge in [0.25, 0.3) is 0 Å². The van der Waals surface area contributed by atoms with Crippen LogP contribution in [0, 0.1) is 5.82 Å². The number of benzene rings is 2. The van der Waals surface area contributed by atoms with E-state index in [0.717, 1.165) is 0 Å². The van der Waals surface area contributed by atoms with Gasteiger partial charge in [-0.15, -0.1) is 0 Å². The highest BCUT2D eigenvalue weighted by atomic mass is 35.5. The number of rotatable bonds is 5. The Morgan fingerprint density at radius 2 is 1.85 bits per heavy atom. The number of hydrogen-bond acceptors (Lipinski definition) is 2. The molecule has 0 saturated heterocycles. The molecule has 0 heterocycles. The summed E-state index contributed by atoms with van der Waals surface area (Å²) >= 11 is 5.92. The van der Waals surface area contributed by atoms with Crippen LogP contribution in [0.15, 0.2) is 48.5 Å². The molecule has 0 bridgehead atoms. The van der Waals surface area contributed by atoms with Crippen LogP contribution in [0.1, 0.15) is 11.5 Å². The highest BCUT2D eigenvalue weighted by Crippen LogP contribution is 2.26. The van der Waals surface area contributed by atoms with Gasteiger partial charge in [-0.2, -0.15) is 0 Å². The van der Waals surface area contributed by atoms with Crippen molar-refractivity contribution in [3.8, 4) is 5.75 Å². The molecule has 0 radical (unpaired) electrons. The SMILES string of the molecule is O=C(O)C(COc1ccccc1Cl)c1ccccc1F. The lowest BCUT2D eigenvalue weighted by Gasteiger charge is -2.15. The van der Waals surface area contributed by atoms with Gasteiger partial charge in [-0.1, -0.05) is 41.9 Å². The van der Waals surface area contributed by atoms with Gasteiger partial charge in [0.1, 0.15) is 24.1 Å². The molecular formula is C15H12ClFO3. The van der Waals surface area contributed by atoms with Crippen molar-refractivity contribution in [2.75, 3.05) is 6.61 Å². The smallest absolute Gasteiger partial charge is 0.314 e. The lowest BCUT2D eigenvalue weighted by atomic mass is 10.00. The van der Waals surface area contributed by atoms with Crippen molar-refractivity contribution in [1.82, 2.24) is 0 Å². The van der Waals surface area contributed by atoms with E-state index in [4.69, 9.17) is 16.3 Å². The zero-order chi connectivity index (χ0) is 14.5. The van der Waals surface area contributed by atoms with Gasteiger partial charge < -0.3 is 9.84 Å². The fourth-order valence-corrected chi connectivity index (χ4v) is 1.98. The Labute approximate surface area is 120 Å². The van der Waals surface area contributed by atoms with Crippen LogP contribution >= 0.6 is 11.6 Å². The number of carboxylic acid groups (broad SMARTS) is 1. The van der Waals surface area contributed by atoms with Crippen molar-refractivity contribution < 1.29 is 19.0 Å². The second-order valence-corrected chi connectivity index (χ2v) is 4.56. The molecule has 0 aromatic heterocycles. The molecule has 3 nitrogen and oxygen atoms in total. The van der Waals surface area contributed by atoms with Crippen LogP contribution < -0.4 is 4.74 Å². The number of halogens is 2. The standard InChI is InChI=1S/C15H12ClFO3/c16-12-6-2-4-8-14(12)20-9-11(15(18)19)10-5-1-3-7-13(10)17/h1-8,11H,9H2,(H,18,19). The molecule has 0 aliphatic heterocycles. The molecule has 0 saturated carbocycles. The summed E-state index contributed by atoms with van der Waals surface area (Å²) in [4.78, 5) is 11.3. The van der Waals surface area contributed by atoms with Crippen molar-refractivity contribution >= 4 is 17.6 Å². The molecule has 0 spiro atoms. The van der Waals surface area contributed by atoms with E-state index >= 15 is 0 Å². The fraction of sp³-hybridized carbons (Fsp3) is 0.133. The minimum atomic E-state index is -1.15. The van der Waals surface area contributed by atoms with Crippen molar-refractivity contribution in [2.24, 2.45) is 0 Å². The van der Waals surface area contributed by atoms with Gasteiger partial charge in [0.2, 0.25) is 0 Å².